The topological polar surface area (TPSA) is 52.9 Å². The minimum Gasteiger partial charge on any atom is -0.325 e. The van der Waals surface area contributed by atoms with Crippen molar-refractivity contribution in [3.63, 3.8) is 0 Å². The maximum absolute atomic E-state index is 12.5. The Morgan fingerprint density at radius 1 is 1.30 bits per heavy atom. The van der Waals surface area contributed by atoms with Gasteiger partial charge in [-0.3, -0.25) is 4.79 Å². The molecule has 0 aliphatic heterocycles. The molecule has 1 saturated carbocycles. The zero-order valence-corrected chi connectivity index (χ0v) is 13.3. The van der Waals surface area contributed by atoms with E-state index in [1.165, 1.54) is 0 Å². The molecule has 0 radical (unpaired) electrons. The average Bonchev–Trinajstić information content (AvgIpc) is 2.69. The van der Waals surface area contributed by atoms with Gasteiger partial charge in [-0.1, -0.05) is 41.6 Å². The predicted molar refractivity (Wildman–Crippen MR) is 83.3 cm³/mol. The fourth-order valence-corrected chi connectivity index (χ4v) is 2.94. The maximum atomic E-state index is 12.5. The molecule has 0 heterocycles. The lowest BCUT2D eigenvalue weighted by molar-refractivity contribution is -0.123. The van der Waals surface area contributed by atoms with Crippen molar-refractivity contribution in [1.29, 1.82) is 5.26 Å². The Kier molecular flexibility index (Phi) is 4.82. The molecule has 1 aliphatic carbocycles. The monoisotopic (exact) mass is 334 g/mol. The number of nitriles is 1. The number of anilines is 1. The molecule has 1 aromatic rings. The third-order valence-electron chi connectivity index (χ3n) is 4.02. The Morgan fingerprint density at radius 2 is 1.95 bits per heavy atom. The van der Waals surface area contributed by atoms with Crippen LogP contribution in [0.15, 0.2) is 22.7 Å². The summed E-state index contributed by atoms with van der Waals surface area (Å²) < 4.78 is 1.01. The van der Waals surface area contributed by atoms with Crippen LogP contribution < -0.4 is 5.32 Å². The first-order valence-electron chi connectivity index (χ1n) is 7.06. The molecule has 106 valence electrons. The molecule has 0 spiro atoms. The van der Waals surface area contributed by atoms with Crippen molar-refractivity contribution in [2.24, 2.45) is 5.41 Å². The van der Waals surface area contributed by atoms with E-state index in [9.17, 15) is 10.1 Å². The number of amides is 1. The Labute approximate surface area is 128 Å². The van der Waals surface area contributed by atoms with Crippen LogP contribution in [0, 0.1) is 23.7 Å². The molecule has 0 atom stereocenters. The van der Waals surface area contributed by atoms with E-state index < -0.39 is 5.41 Å². The Bertz CT molecular complexity index is 540. The van der Waals surface area contributed by atoms with Crippen LogP contribution in [0.5, 0.6) is 0 Å². The lowest BCUT2D eigenvalue weighted by Gasteiger charge is -2.23. The second-order valence-corrected chi connectivity index (χ2v) is 6.38. The van der Waals surface area contributed by atoms with Crippen LogP contribution in [0.3, 0.4) is 0 Å². The largest absolute Gasteiger partial charge is 0.325 e. The second-order valence-electron chi connectivity index (χ2n) is 5.53. The predicted octanol–water partition coefficient (Wildman–Crippen LogP) is 4.56. The van der Waals surface area contributed by atoms with Crippen LogP contribution in [-0.2, 0) is 4.79 Å². The summed E-state index contributed by atoms with van der Waals surface area (Å²) in [5.41, 5.74) is 0.974. The normalized spacial score (nSPS) is 17.9. The molecular formula is C16H19BrN2O. The van der Waals surface area contributed by atoms with Crippen molar-refractivity contribution in [2.75, 3.05) is 5.32 Å². The summed E-state index contributed by atoms with van der Waals surface area (Å²) in [5, 5.41) is 12.4. The van der Waals surface area contributed by atoms with E-state index in [1.807, 2.05) is 25.1 Å². The maximum Gasteiger partial charge on any atom is 0.244 e. The van der Waals surface area contributed by atoms with E-state index in [0.29, 0.717) is 12.8 Å². The van der Waals surface area contributed by atoms with Crippen molar-refractivity contribution in [3.05, 3.63) is 28.2 Å². The number of carbonyl (C=O) groups excluding carboxylic acids is 1. The van der Waals surface area contributed by atoms with E-state index in [4.69, 9.17) is 0 Å². The highest BCUT2D eigenvalue weighted by molar-refractivity contribution is 9.10. The Hall–Kier alpha value is -1.34. The van der Waals surface area contributed by atoms with Crippen LogP contribution in [-0.4, -0.2) is 5.91 Å². The fourth-order valence-electron chi connectivity index (χ4n) is 2.69. The number of halogens is 1. The molecule has 1 aliphatic rings. The minimum atomic E-state index is -0.850. The smallest absolute Gasteiger partial charge is 0.244 e. The first kappa shape index (κ1) is 15.1. The van der Waals surface area contributed by atoms with Gasteiger partial charge in [0.1, 0.15) is 5.41 Å². The van der Waals surface area contributed by atoms with Crippen molar-refractivity contribution in [3.8, 4) is 6.07 Å². The molecular weight excluding hydrogens is 316 g/mol. The van der Waals surface area contributed by atoms with E-state index in [0.717, 1.165) is 41.4 Å². The second kappa shape index (κ2) is 6.41. The van der Waals surface area contributed by atoms with Gasteiger partial charge in [0.2, 0.25) is 5.91 Å². The van der Waals surface area contributed by atoms with E-state index in [1.54, 1.807) is 0 Å². The first-order valence-corrected chi connectivity index (χ1v) is 7.85. The molecule has 1 N–H and O–H groups in total. The van der Waals surface area contributed by atoms with E-state index >= 15 is 0 Å². The Balaban J connectivity index is 2.16. The lowest BCUT2D eigenvalue weighted by atomic mass is 9.81. The lowest BCUT2D eigenvalue weighted by Crippen LogP contribution is -2.34. The van der Waals surface area contributed by atoms with Gasteiger partial charge in [0.05, 0.1) is 6.07 Å². The highest BCUT2D eigenvalue weighted by Crippen LogP contribution is 2.35. The molecule has 1 fully saturated rings. The zero-order chi connectivity index (χ0) is 14.6. The molecule has 4 heteroatoms. The number of nitrogens with zero attached hydrogens (tertiary/aromatic N) is 1. The third kappa shape index (κ3) is 3.21. The minimum absolute atomic E-state index is 0.149. The van der Waals surface area contributed by atoms with Crippen molar-refractivity contribution < 1.29 is 4.79 Å². The summed E-state index contributed by atoms with van der Waals surface area (Å²) in [7, 11) is 0. The number of hydrogen-bond donors (Lipinski definition) is 1. The molecule has 2 rings (SSSR count). The average molecular weight is 335 g/mol. The van der Waals surface area contributed by atoms with Gasteiger partial charge in [-0.15, -0.1) is 0 Å². The standard InChI is InChI=1S/C16H19BrN2O/c1-12-10-13(6-7-14(12)17)19-15(20)16(11-18)8-4-2-3-5-9-16/h6-7,10H,2-5,8-9H2,1H3,(H,19,20). The van der Waals surface area contributed by atoms with Crippen molar-refractivity contribution in [2.45, 2.75) is 45.4 Å². The van der Waals surface area contributed by atoms with Crippen molar-refractivity contribution >= 4 is 27.5 Å². The highest BCUT2D eigenvalue weighted by Gasteiger charge is 2.38. The summed E-state index contributed by atoms with van der Waals surface area (Å²) in [6.07, 6.45) is 5.50. The third-order valence-corrected chi connectivity index (χ3v) is 4.91. The molecule has 0 aromatic heterocycles. The molecule has 0 bridgehead atoms. The highest BCUT2D eigenvalue weighted by atomic mass is 79.9. The van der Waals surface area contributed by atoms with E-state index in [2.05, 4.69) is 27.3 Å². The molecule has 1 amide bonds. The summed E-state index contributed by atoms with van der Waals surface area (Å²) in [4.78, 5) is 12.5. The molecule has 0 unspecified atom stereocenters. The van der Waals surface area contributed by atoms with Crippen LogP contribution in [0.1, 0.15) is 44.1 Å². The van der Waals surface area contributed by atoms with Crippen LogP contribution in [0.4, 0.5) is 5.69 Å². The number of rotatable bonds is 2. The number of hydrogen-bond acceptors (Lipinski definition) is 2. The van der Waals surface area contributed by atoms with E-state index in [-0.39, 0.29) is 5.91 Å². The number of benzene rings is 1. The summed E-state index contributed by atoms with van der Waals surface area (Å²) in [5.74, 6) is -0.149. The summed E-state index contributed by atoms with van der Waals surface area (Å²) in [6, 6.07) is 7.97. The van der Waals surface area contributed by atoms with Gasteiger partial charge in [0.15, 0.2) is 0 Å². The SMILES string of the molecule is Cc1cc(NC(=O)C2(C#N)CCCCCC2)ccc1Br. The summed E-state index contributed by atoms with van der Waals surface area (Å²) >= 11 is 3.44. The van der Waals surface area contributed by atoms with Crippen LogP contribution >= 0.6 is 15.9 Å². The zero-order valence-electron chi connectivity index (χ0n) is 11.7. The van der Waals surface area contributed by atoms with Crippen LogP contribution in [0.25, 0.3) is 0 Å². The molecule has 20 heavy (non-hydrogen) atoms. The van der Waals surface area contributed by atoms with Crippen molar-refractivity contribution in [1.82, 2.24) is 0 Å². The van der Waals surface area contributed by atoms with Gasteiger partial charge >= 0.3 is 0 Å². The number of nitrogens with one attached hydrogen (secondary N) is 1. The van der Waals surface area contributed by atoms with Gasteiger partial charge < -0.3 is 5.32 Å². The number of carbonyl (C=O) groups is 1. The van der Waals surface area contributed by atoms with Crippen LogP contribution in [0.2, 0.25) is 0 Å². The molecule has 1 aromatic carbocycles. The van der Waals surface area contributed by atoms with Gasteiger partial charge in [-0.05, 0) is 43.5 Å². The molecule has 0 saturated heterocycles. The fraction of sp³-hybridized carbons (Fsp3) is 0.500. The quantitative estimate of drug-likeness (QED) is 0.806. The summed E-state index contributed by atoms with van der Waals surface area (Å²) in [6.45, 7) is 1.98. The van der Waals surface area contributed by atoms with Gasteiger partial charge in [-0.2, -0.15) is 5.26 Å². The molecule has 3 nitrogen and oxygen atoms in total. The van der Waals surface area contributed by atoms with Gasteiger partial charge in [0, 0.05) is 10.2 Å². The van der Waals surface area contributed by atoms with Gasteiger partial charge in [-0.25, -0.2) is 0 Å². The number of aryl methyl sites for hydroxylation is 1. The Morgan fingerprint density at radius 3 is 2.50 bits per heavy atom. The van der Waals surface area contributed by atoms with Gasteiger partial charge in [0.25, 0.3) is 0 Å². The first-order chi connectivity index (χ1) is 9.57.